The Kier molecular flexibility index (Phi) is 7.98. The minimum Gasteiger partial charge on any atom is -0.384 e. The summed E-state index contributed by atoms with van der Waals surface area (Å²) in [4.78, 5) is 28.7. The summed E-state index contributed by atoms with van der Waals surface area (Å²) in [6.07, 6.45) is 1.62. The van der Waals surface area contributed by atoms with Crippen molar-refractivity contribution in [2.45, 2.75) is 26.4 Å². The number of rotatable bonds is 9. The first-order chi connectivity index (χ1) is 15.9. The molecule has 174 valence electrons. The molecule has 3 rings (SSSR count). The van der Waals surface area contributed by atoms with Gasteiger partial charge in [0.15, 0.2) is 0 Å². The standard InChI is InChI=1S/C23H29N7O3/c1-15(2)30-20(22(31)25-10-11-33-3)12-19(29-30)17-5-7-18(8-6-17)28-23(32)27-14-16-4-9-21(24)26-13-16/h4-9,12-13,15H,10-11,14H2,1-3H3,(H2,24,26)(H,25,31)(H2,27,28,32). The number of amides is 3. The third-order valence-electron chi connectivity index (χ3n) is 4.79. The number of anilines is 2. The Labute approximate surface area is 192 Å². The summed E-state index contributed by atoms with van der Waals surface area (Å²) in [5.74, 6) is 0.228. The van der Waals surface area contributed by atoms with Gasteiger partial charge in [-0.15, -0.1) is 0 Å². The number of aromatic nitrogens is 3. The minimum atomic E-state index is -0.335. The summed E-state index contributed by atoms with van der Waals surface area (Å²) in [5.41, 5.74) is 9.03. The van der Waals surface area contributed by atoms with Gasteiger partial charge in [-0.25, -0.2) is 9.78 Å². The highest BCUT2D eigenvalue weighted by molar-refractivity contribution is 5.94. The molecule has 10 heteroatoms. The molecule has 3 amide bonds. The van der Waals surface area contributed by atoms with Crippen LogP contribution >= 0.6 is 0 Å². The van der Waals surface area contributed by atoms with Crippen molar-refractivity contribution in [3.8, 4) is 11.3 Å². The number of hydrogen-bond acceptors (Lipinski definition) is 6. The molecular formula is C23H29N7O3. The van der Waals surface area contributed by atoms with Crippen molar-refractivity contribution < 1.29 is 14.3 Å². The van der Waals surface area contributed by atoms with Crippen molar-refractivity contribution in [3.63, 3.8) is 0 Å². The molecule has 0 saturated heterocycles. The van der Waals surface area contributed by atoms with Crippen LogP contribution < -0.4 is 21.7 Å². The van der Waals surface area contributed by atoms with Gasteiger partial charge >= 0.3 is 6.03 Å². The van der Waals surface area contributed by atoms with Gasteiger partial charge in [0, 0.05) is 43.7 Å². The lowest BCUT2D eigenvalue weighted by Gasteiger charge is -2.10. The van der Waals surface area contributed by atoms with Crippen LogP contribution in [-0.2, 0) is 11.3 Å². The van der Waals surface area contributed by atoms with E-state index in [4.69, 9.17) is 10.5 Å². The van der Waals surface area contributed by atoms with Crippen LogP contribution in [0.3, 0.4) is 0 Å². The number of carbonyl (C=O) groups is 2. The summed E-state index contributed by atoms with van der Waals surface area (Å²) < 4.78 is 6.68. The Hall–Kier alpha value is -3.92. The Bertz CT molecular complexity index is 1080. The van der Waals surface area contributed by atoms with Gasteiger partial charge in [0.1, 0.15) is 11.5 Å². The van der Waals surface area contributed by atoms with Crippen molar-refractivity contribution >= 4 is 23.4 Å². The van der Waals surface area contributed by atoms with Crippen LogP contribution in [0.4, 0.5) is 16.3 Å². The van der Waals surface area contributed by atoms with Crippen molar-refractivity contribution in [3.05, 3.63) is 59.9 Å². The molecule has 0 radical (unpaired) electrons. The number of nitrogen functional groups attached to an aromatic ring is 1. The number of methoxy groups -OCH3 is 1. The van der Waals surface area contributed by atoms with Crippen molar-refractivity contribution in [2.24, 2.45) is 0 Å². The van der Waals surface area contributed by atoms with E-state index >= 15 is 0 Å². The van der Waals surface area contributed by atoms with Crippen LogP contribution in [-0.4, -0.2) is 47.0 Å². The first-order valence-corrected chi connectivity index (χ1v) is 10.6. The maximum absolute atomic E-state index is 12.6. The number of nitrogens with one attached hydrogen (secondary N) is 3. The lowest BCUT2D eigenvalue weighted by molar-refractivity contribution is 0.0924. The number of carbonyl (C=O) groups excluding carboxylic acids is 2. The predicted octanol–water partition coefficient (Wildman–Crippen LogP) is 2.81. The van der Waals surface area contributed by atoms with Crippen LogP contribution in [0.25, 0.3) is 11.3 Å². The number of ether oxygens (including phenoxy) is 1. The van der Waals surface area contributed by atoms with Gasteiger partial charge in [0.05, 0.1) is 12.3 Å². The number of pyridine rings is 1. The molecule has 2 heterocycles. The zero-order valence-corrected chi connectivity index (χ0v) is 19.0. The summed E-state index contributed by atoms with van der Waals surface area (Å²) in [6, 6.07) is 12.2. The van der Waals surface area contributed by atoms with Crippen molar-refractivity contribution in [1.29, 1.82) is 0 Å². The van der Waals surface area contributed by atoms with E-state index in [1.165, 1.54) is 0 Å². The quantitative estimate of drug-likeness (QED) is 0.369. The highest BCUT2D eigenvalue weighted by Gasteiger charge is 2.18. The zero-order valence-electron chi connectivity index (χ0n) is 19.0. The first kappa shape index (κ1) is 23.7. The molecule has 0 aliphatic carbocycles. The molecule has 33 heavy (non-hydrogen) atoms. The highest BCUT2D eigenvalue weighted by atomic mass is 16.5. The van der Waals surface area contributed by atoms with E-state index in [1.54, 1.807) is 48.3 Å². The van der Waals surface area contributed by atoms with Crippen LogP contribution in [0.2, 0.25) is 0 Å². The van der Waals surface area contributed by atoms with E-state index in [0.717, 1.165) is 11.1 Å². The molecule has 0 unspecified atom stereocenters. The number of nitrogens with two attached hydrogens (primary N) is 1. The lowest BCUT2D eigenvalue weighted by Crippen LogP contribution is -2.29. The molecule has 3 aromatic rings. The summed E-state index contributed by atoms with van der Waals surface area (Å²) in [5, 5.41) is 13.0. The fraction of sp³-hybridized carbons (Fsp3) is 0.304. The van der Waals surface area contributed by atoms with Crippen molar-refractivity contribution in [2.75, 3.05) is 31.3 Å². The largest absolute Gasteiger partial charge is 0.384 e. The molecule has 5 N–H and O–H groups in total. The average Bonchev–Trinajstić information content (AvgIpc) is 3.25. The average molecular weight is 452 g/mol. The third kappa shape index (κ3) is 6.53. The highest BCUT2D eigenvalue weighted by Crippen LogP contribution is 2.23. The Morgan fingerprint density at radius 1 is 1.12 bits per heavy atom. The van der Waals surface area contributed by atoms with E-state index < -0.39 is 0 Å². The number of hydrogen-bond donors (Lipinski definition) is 4. The number of benzene rings is 1. The van der Waals surface area contributed by atoms with Gasteiger partial charge in [-0.05, 0) is 43.7 Å². The Balaban J connectivity index is 1.64. The second kappa shape index (κ2) is 11.1. The summed E-state index contributed by atoms with van der Waals surface area (Å²) in [7, 11) is 1.59. The minimum absolute atomic E-state index is 0.0165. The summed E-state index contributed by atoms with van der Waals surface area (Å²) in [6.45, 7) is 5.13. The SMILES string of the molecule is COCCNC(=O)c1cc(-c2ccc(NC(=O)NCc3ccc(N)nc3)cc2)nn1C(C)C. The molecule has 0 aliphatic rings. The van der Waals surface area contributed by atoms with Crippen molar-refractivity contribution in [1.82, 2.24) is 25.4 Å². The van der Waals surface area contributed by atoms with Crippen LogP contribution in [0, 0.1) is 0 Å². The zero-order chi connectivity index (χ0) is 23.8. The van der Waals surface area contributed by atoms with Gasteiger partial charge in [-0.2, -0.15) is 5.10 Å². The number of nitrogens with zero attached hydrogens (tertiary/aromatic N) is 3. The molecular weight excluding hydrogens is 422 g/mol. The molecule has 0 fully saturated rings. The molecule has 2 aromatic heterocycles. The first-order valence-electron chi connectivity index (χ1n) is 10.6. The summed E-state index contributed by atoms with van der Waals surface area (Å²) >= 11 is 0. The van der Waals surface area contributed by atoms with Gasteiger partial charge in [-0.1, -0.05) is 18.2 Å². The molecule has 0 atom stereocenters. The van der Waals surface area contributed by atoms with Crippen LogP contribution in [0.5, 0.6) is 0 Å². The van der Waals surface area contributed by atoms with Gasteiger partial charge in [0.25, 0.3) is 5.91 Å². The van der Waals surface area contributed by atoms with Crippen LogP contribution in [0.1, 0.15) is 35.9 Å². The van der Waals surface area contributed by atoms with Gasteiger partial charge < -0.3 is 26.4 Å². The smallest absolute Gasteiger partial charge is 0.319 e. The van der Waals surface area contributed by atoms with E-state index in [-0.39, 0.29) is 18.0 Å². The predicted molar refractivity (Wildman–Crippen MR) is 127 cm³/mol. The lowest BCUT2D eigenvalue weighted by atomic mass is 10.1. The Morgan fingerprint density at radius 2 is 1.88 bits per heavy atom. The number of urea groups is 1. The normalized spacial score (nSPS) is 10.8. The van der Waals surface area contributed by atoms with E-state index in [0.29, 0.717) is 42.6 Å². The molecule has 0 saturated carbocycles. The second-order valence-electron chi connectivity index (χ2n) is 7.68. The molecule has 1 aromatic carbocycles. The topological polar surface area (TPSA) is 136 Å². The van der Waals surface area contributed by atoms with E-state index in [9.17, 15) is 9.59 Å². The maximum Gasteiger partial charge on any atom is 0.319 e. The fourth-order valence-electron chi connectivity index (χ4n) is 3.08. The fourth-order valence-corrected chi connectivity index (χ4v) is 3.08. The second-order valence-corrected chi connectivity index (χ2v) is 7.68. The van der Waals surface area contributed by atoms with E-state index in [1.807, 2.05) is 26.0 Å². The third-order valence-corrected chi connectivity index (χ3v) is 4.79. The molecule has 0 spiro atoms. The molecule has 10 nitrogen and oxygen atoms in total. The monoisotopic (exact) mass is 451 g/mol. The van der Waals surface area contributed by atoms with Crippen LogP contribution in [0.15, 0.2) is 48.7 Å². The Morgan fingerprint density at radius 3 is 2.52 bits per heavy atom. The van der Waals surface area contributed by atoms with Gasteiger partial charge in [-0.3, -0.25) is 9.48 Å². The molecule has 0 bridgehead atoms. The van der Waals surface area contributed by atoms with E-state index in [2.05, 4.69) is 26.0 Å². The molecule has 0 aliphatic heterocycles. The van der Waals surface area contributed by atoms with Gasteiger partial charge in [0.2, 0.25) is 0 Å². The maximum atomic E-state index is 12.6.